The molecule has 0 radical (unpaired) electrons. The quantitative estimate of drug-likeness (QED) is 0.623. The fourth-order valence-electron chi connectivity index (χ4n) is 2.67. The molecule has 0 saturated heterocycles. The SMILES string of the molecule is Cc1cc(N)cc(S(=O)(=O)NCCOC2CCCC2)c1C. The molecule has 1 aliphatic rings. The van der Waals surface area contributed by atoms with Gasteiger partial charge in [-0.05, 0) is 49.9 Å². The van der Waals surface area contributed by atoms with Crippen LogP contribution in [0.25, 0.3) is 0 Å². The van der Waals surface area contributed by atoms with Crippen molar-refractivity contribution in [3.05, 3.63) is 23.3 Å². The van der Waals surface area contributed by atoms with E-state index in [2.05, 4.69) is 4.72 Å². The molecule has 118 valence electrons. The molecule has 1 aromatic rings. The first kappa shape index (κ1) is 16.3. The van der Waals surface area contributed by atoms with E-state index in [-0.39, 0.29) is 11.4 Å². The summed E-state index contributed by atoms with van der Waals surface area (Å²) < 4.78 is 32.9. The smallest absolute Gasteiger partial charge is 0.240 e. The van der Waals surface area contributed by atoms with Crippen molar-refractivity contribution in [2.24, 2.45) is 0 Å². The monoisotopic (exact) mass is 312 g/mol. The number of benzene rings is 1. The zero-order chi connectivity index (χ0) is 15.5. The van der Waals surface area contributed by atoms with Crippen LogP contribution >= 0.6 is 0 Å². The number of hydrogen-bond acceptors (Lipinski definition) is 4. The minimum atomic E-state index is -3.54. The summed E-state index contributed by atoms with van der Waals surface area (Å²) in [7, 11) is -3.54. The first-order valence-corrected chi connectivity index (χ1v) is 8.86. The highest BCUT2D eigenvalue weighted by Crippen LogP contribution is 2.22. The molecule has 21 heavy (non-hydrogen) atoms. The van der Waals surface area contributed by atoms with E-state index in [1.165, 1.54) is 18.9 Å². The number of anilines is 1. The Kier molecular flexibility index (Phi) is 5.24. The Morgan fingerprint density at radius 3 is 2.62 bits per heavy atom. The molecule has 1 aliphatic carbocycles. The molecule has 0 aliphatic heterocycles. The zero-order valence-corrected chi connectivity index (χ0v) is 13.5. The summed E-state index contributed by atoms with van der Waals surface area (Å²) in [6.45, 7) is 4.34. The third kappa shape index (κ3) is 4.18. The third-order valence-electron chi connectivity index (χ3n) is 3.98. The van der Waals surface area contributed by atoms with Gasteiger partial charge in [0.1, 0.15) is 0 Å². The zero-order valence-electron chi connectivity index (χ0n) is 12.7. The molecular formula is C15H24N2O3S. The standard InChI is InChI=1S/C15H24N2O3S/c1-11-9-13(16)10-15(12(11)2)21(18,19)17-7-8-20-14-5-3-4-6-14/h9-10,14,17H,3-8,16H2,1-2H3. The summed E-state index contributed by atoms with van der Waals surface area (Å²) in [6.07, 6.45) is 4.88. The Balaban J connectivity index is 1.95. The summed E-state index contributed by atoms with van der Waals surface area (Å²) in [5.74, 6) is 0. The molecule has 6 heteroatoms. The van der Waals surface area contributed by atoms with Crippen molar-refractivity contribution in [2.75, 3.05) is 18.9 Å². The molecule has 0 aromatic heterocycles. The van der Waals surface area contributed by atoms with Crippen molar-refractivity contribution in [3.63, 3.8) is 0 Å². The summed E-state index contributed by atoms with van der Waals surface area (Å²) in [5.41, 5.74) is 7.81. The maximum absolute atomic E-state index is 12.3. The maximum Gasteiger partial charge on any atom is 0.240 e. The van der Waals surface area contributed by atoms with E-state index in [1.807, 2.05) is 6.92 Å². The van der Waals surface area contributed by atoms with Crippen LogP contribution in [0, 0.1) is 13.8 Å². The van der Waals surface area contributed by atoms with E-state index < -0.39 is 10.0 Å². The van der Waals surface area contributed by atoms with Crippen LogP contribution in [0.1, 0.15) is 36.8 Å². The summed E-state index contributed by atoms with van der Waals surface area (Å²) in [6, 6.07) is 3.28. The number of nitrogens with two attached hydrogens (primary N) is 1. The van der Waals surface area contributed by atoms with E-state index in [9.17, 15) is 8.42 Å². The van der Waals surface area contributed by atoms with Crippen LogP contribution in [-0.2, 0) is 14.8 Å². The number of aryl methyl sites for hydroxylation is 1. The molecule has 0 spiro atoms. The van der Waals surface area contributed by atoms with Crippen LogP contribution in [-0.4, -0.2) is 27.7 Å². The first-order chi connectivity index (χ1) is 9.90. The molecule has 1 aromatic carbocycles. The molecule has 2 rings (SSSR count). The number of nitrogen functional groups attached to an aromatic ring is 1. The maximum atomic E-state index is 12.3. The van der Waals surface area contributed by atoms with Crippen LogP contribution in [0.15, 0.2) is 17.0 Å². The predicted octanol–water partition coefficient (Wildman–Crippen LogP) is 2.12. The van der Waals surface area contributed by atoms with E-state index in [0.29, 0.717) is 18.4 Å². The van der Waals surface area contributed by atoms with Gasteiger partial charge in [-0.2, -0.15) is 0 Å². The van der Waals surface area contributed by atoms with Crippen molar-refractivity contribution in [3.8, 4) is 0 Å². The van der Waals surface area contributed by atoms with Gasteiger partial charge in [0.25, 0.3) is 0 Å². The molecule has 0 amide bonds. The number of ether oxygens (including phenoxy) is 1. The second-order valence-corrected chi connectivity index (χ2v) is 7.37. The van der Waals surface area contributed by atoms with Gasteiger partial charge in [-0.3, -0.25) is 0 Å². The minimum absolute atomic E-state index is 0.251. The second-order valence-electron chi connectivity index (χ2n) is 5.64. The molecule has 1 saturated carbocycles. The topological polar surface area (TPSA) is 81.4 Å². The van der Waals surface area contributed by atoms with Gasteiger partial charge in [0.15, 0.2) is 0 Å². The lowest BCUT2D eigenvalue weighted by Gasteiger charge is -2.14. The van der Waals surface area contributed by atoms with E-state index >= 15 is 0 Å². The van der Waals surface area contributed by atoms with Gasteiger partial charge in [0, 0.05) is 12.2 Å². The highest BCUT2D eigenvalue weighted by atomic mass is 32.2. The summed E-state index contributed by atoms with van der Waals surface area (Å²) in [5, 5.41) is 0. The van der Waals surface area contributed by atoms with Gasteiger partial charge in [-0.1, -0.05) is 12.8 Å². The average Bonchev–Trinajstić information content (AvgIpc) is 2.92. The first-order valence-electron chi connectivity index (χ1n) is 7.38. The Morgan fingerprint density at radius 1 is 1.29 bits per heavy atom. The van der Waals surface area contributed by atoms with Gasteiger partial charge >= 0.3 is 0 Å². The van der Waals surface area contributed by atoms with Crippen LogP contribution in [0.4, 0.5) is 5.69 Å². The van der Waals surface area contributed by atoms with Gasteiger partial charge in [-0.15, -0.1) is 0 Å². The van der Waals surface area contributed by atoms with Crippen molar-refractivity contribution in [2.45, 2.75) is 50.5 Å². The Labute approximate surface area is 126 Å². The molecule has 0 bridgehead atoms. The van der Waals surface area contributed by atoms with Crippen molar-refractivity contribution in [1.82, 2.24) is 4.72 Å². The molecular weight excluding hydrogens is 288 g/mol. The number of nitrogens with one attached hydrogen (secondary N) is 1. The minimum Gasteiger partial charge on any atom is -0.399 e. The van der Waals surface area contributed by atoms with Crippen molar-refractivity contribution in [1.29, 1.82) is 0 Å². The fraction of sp³-hybridized carbons (Fsp3) is 0.600. The lowest BCUT2D eigenvalue weighted by Crippen LogP contribution is -2.29. The van der Waals surface area contributed by atoms with Crippen LogP contribution in [0.3, 0.4) is 0 Å². The largest absolute Gasteiger partial charge is 0.399 e. The molecule has 0 atom stereocenters. The Bertz CT molecular complexity index is 593. The molecule has 0 unspecified atom stereocenters. The van der Waals surface area contributed by atoms with Gasteiger partial charge in [0.05, 0.1) is 17.6 Å². The highest BCUT2D eigenvalue weighted by molar-refractivity contribution is 7.89. The molecule has 3 N–H and O–H groups in total. The van der Waals surface area contributed by atoms with Gasteiger partial charge < -0.3 is 10.5 Å². The summed E-state index contributed by atoms with van der Waals surface area (Å²) in [4.78, 5) is 0.251. The normalized spacial score (nSPS) is 16.5. The molecule has 5 nitrogen and oxygen atoms in total. The van der Waals surface area contributed by atoms with Crippen LogP contribution < -0.4 is 10.5 Å². The summed E-state index contributed by atoms with van der Waals surface area (Å²) >= 11 is 0. The van der Waals surface area contributed by atoms with Gasteiger partial charge in [-0.25, -0.2) is 13.1 Å². The number of rotatable bonds is 6. The lowest BCUT2D eigenvalue weighted by molar-refractivity contribution is 0.0626. The number of hydrogen-bond donors (Lipinski definition) is 2. The third-order valence-corrected chi connectivity index (χ3v) is 5.57. The Morgan fingerprint density at radius 2 is 1.95 bits per heavy atom. The Hall–Kier alpha value is -1.11. The number of sulfonamides is 1. The average molecular weight is 312 g/mol. The molecule has 1 fully saturated rings. The predicted molar refractivity (Wildman–Crippen MR) is 83.7 cm³/mol. The van der Waals surface area contributed by atoms with Crippen molar-refractivity contribution >= 4 is 15.7 Å². The van der Waals surface area contributed by atoms with E-state index in [4.69, 9.17) is 10.5 Å². The van der Waals surface area contributed by atoms with Crippen molar-refractivity contribution < 1.29 is 13.2 Å². The highest BCUT2D eigenvalue weighted by Gasteiger charge is 2.19. The lowest BCUT2D eigenvalue weighted by atomic mass is 10.1. The van der Waals surface area contributed by atoms with Crippen LogP contribution in [0.5, 0.6) is 0 Å². The van der Waals surface area contributed by atoms with E-state index in [0.717, 1.165) is 24.0 Å². The van der Waals surface area contributed by atoms with Crippen LogP contribution in [0.2, 0.25) is 0 Å². The van der Waals surface area contributed by atoms with E-state index in [1.54, 1.807) is 13.0 Å². The second kappa shape index (κ2) is 6.77. The molecule has 0 heterocycles. The fourth-order valence-corrected chi connectivity index (χ4v) is 4.03. The van der Waals surface area contributed by atoms with Gasteiger partial charge in [0.2, 0.25) is 10.0 Å².